The van der Waals surface area contributed by atoms with Crippen molar-refractivity contribution in [3.8, 4) is 11.1 Å². The van der Waals surface area contributed by atoms with Crippen molar-refractivity contribution in [1.29, 1.82) is 0 Å². The van der Waals surface area contributed by atoms with E-state index in [1.54, 1.807) is 18.1 Å². The van der Waals surface area contributed by atoms with E-state index in [-0.39, 0.29) is 11.8 Å². The van der Waals surface area contributed by atoms with Gasteiger partial charge in [-0.1, -0.05) is 54.6 Å². The van der Waals surface area contributed by atoms with Crippen molar-refractivity contribution in [2.24, 2.45) is 5.41 Å². The zero-order valence-corrected chi connectivity index (χ0v) is 17.3. The molecule has 2 N–H and O–H groups in total. The molecule has 1 aromatic heterocycles. The quantitative estimate of drug-likeness (QED) is 0.688. The standard InChI is InChI=1S/C24H26N4O2/c1-17-21(15-26-27-17)22(29)28-13-12-24(16-28,23(30)25-2)14-19-10-6-7-11-20(19)18-8-4-3-5-9-18/h3-11,15H,12-14,16H2,1-2H3,(H,25,30)(H,26,27)/t24-/m0/s1. The molecule has 1 saturated heterocycles. The van der Waals surface area contributed by atoms with Gasteiger partial charge in [0.05, 0.1) is 17.2 Å². The third kappa shape index (κ3) is 3.61. The number of aromatic nitrogens is 2. The average Bonchev–Trinajstić information content (AvgIpc) is 3.41. The third-order valence-electron chi connectivity index (χ3n) is 6.04. The molecule has 154 valence electrons. The van der Waals surface area contributed by atoms with E-state index in [1.807, 2.05) is 37.3 Å². The van der Waals surface area contributed by atoms with Gasteiger partial charge in [0.2, 0.25) is 5.91 Å². The molecule has 1 atom stereocenters. The molecule has 0 unspecified atom stereocenters. The number of nitrogens with one attached hydrogen (secondary N) is 2. The van der Waals surface area contributed by atoms with E-state index in [9.17, 15) is 9.59 Å². The smallest absolute Gasteiger partial charge is 0.257 e. The number of aryl methyl sites for hydroxylation is 1. The zero-order chi connectivity index (χ0) is 21.1. The summed E-state index contributed by atoms with van der Waals surface area (Å²) in [5, 5.41) is 9.62. The Balaban J connectivity index is 1.65. The average molecular weight is 402 g/mol. The number of likely N-dealkylation sites (tertiary alicyclic amines) is 1. The molecule has 0 radical (unpaired) electrons. The van der Waals surface area contributed by atoms with Gasteiger partial charge in [-0.3, -0.25) is 14.7 Å². The van der Waals surface area contributed by atoms with Crippen molar-refractivity contribution in [3.05, 3.63) is 77.6 Å². The number of aromatic amines is 1. The number of nitrogens with zero attached hydrogens (tertiary/aromatic N) is 2. The summed E-state index contributed by atoms with van der Waals surface area (Å²) in [4.78, 5) is 27.8. The lowest BCUT2D eigenvalue weighted by atomic mass is 9.78. The van der Waals surface area contributed by atoms with Crippen LogP contribution in [0.25, 0.3) is 11.1 Å². The number of H-pyrrole nitrogens is 1. The van der Waals surface area contributed by atoms with Crippen LogP contribution in [0.3, 0.4) is 0 Å². The summed E-state index contributed by atoms with van der Waals surface area (Å²) in [6.07, 6.45) is 2.76. The number of hydrogen-bond donors (Lipinski definition) is 2. The second-order valence-corrected chi connectivity index (χ2v) is 7.94. The first-order chi connectivity index (χ1) is 14.5. The Labute approximate surface area is 176 Å². The van der Waals surface area contributed by atoms with E-state index in [0.29, 0.717) is 31.5 Å². The monoisotopic (exact) mass is 402 g/mol. The minimum Gasteiger partial charge on any atom is -0.359 e. The number of rotatable bonds is 5. The Morgan fingerprint density at radius 3 is 2.57 bits per heavy atom. The molecule has 1 aliphatic rings. The lowest BCUT2D eigenvalue weighted by molar-refractivity contribution is -0.129. The summed E-state index contributed by atoms with van der Waals surface area (Å²) < 4.78 is 0. The third-order valence-corrected chi connectivity index (χ3v) is 6.04. The molecule has 6 heteroatoms. The van der Waals surface area contributed by atoms with Gasteiger partial charge >= 0.3 is 0 Å². The summed E-state index contributed by atoms with van der Waals surface area (Å²) in [5.74, 6) is -0.104. The highest BCUT2D eigenvalue weighted by molar-refractivity contribution is 5.96. The van der Waals surface area contributed by atoms with Crippen LogP contribution in [-0.4, -0.2) is 47.0 Å². The molecular formula is C24H26N4O2. The summed E-state index contributed by atoms with van der Waals surface area (Å²) in [6.45, 7) is 2.77. The summed E-state index contributed by atoms with van der Waals surface area (Å²) in [5.41, 5.74) is 4.00. The predicted octanol–water partition coefficient (Wildman–Crippen LogP) is 3.21. The van der Waals surface area contributed by atoms with Gasteiger partial charge in [-0.05, 0) is 36.5 Å². The normalized spacial score (nSPS) is 18.4. The van der Waals surface area contributed by atoms with Crippen molar-refractivity contribution in [2.75, 3.05) is 20.1 Å². The molecule has 30 heavy (non-hydrogen) atoms. The van der Waals surface area contributed by atoms with Crippen LogP contribution >= 0.6 is 0 Å². The molecule has 1 aliphatic heterocycles. The summed E-state index contributed by atoms with van der Waals surface area (Å²) in [6, 6.07) is 18.4. The number of benzene rings is 2. The zero-order valence-electron chi connectivity index (χ0n) is 17.3. The van der Waals surface area contributed by atoms with Crippen LogP contribution in [0.15, 0.2) is 60.8 Å². The van der Waals surface area contributed by atoms with Gasteiger partial charge in [0.15, 0.2) is 0 Å². The summed E-state index contributed by atoms with van der Waals surface area (Å²) in [7, 11) is 1.66. The van der Waals surface area contributed by atoms with E-state index in [2.05, 4.69) is 39.8 Å². The molecule has 2 heterocycles. The van der Waals surface area contributed by atoms with Crippen molar-refractivity contribution in [3.63, 3.8) is 0 Å². The first kappa shape index (κ1) is 19.9. The van der Waals surface area contributed by atoms with Gasteiger partial charge in [-0.2, -0.15) is 5.10 Å². The largest absolute Gasteiger partial charge is 0.359 e. The maximum atomic E-state index is 13.0. The number of carbonyl (C=O) groups excluding carboxylic acids is 2. The first-order valence-electron chi connectivity index (χ1n) is 10.2. The Morgan fingerprint density at radius 2 is 1.87 bits per heavy atom. The predicted molar refractivity (Wildman–Crippen MR) is 116 cm³/mol. The molecule has 2 aromatic carbocycles. The topological polar surface area (TPSA) is 78.1 Å². The Morgan fingerprint density at radius 1 is 1.13 bits per heavy atom. The molecule has 3 aromatic rings. The fourth-order valence-corrected chi connectivity index (χ4v) is 4.40. The van der Waals surface area contributed by atoms with Gasteiger partial charge in [-0.15, -0.1) is 0 Å². The van der Waals surface area contributed by atoms with Crippen LogP contribution < -0.4 is 5.32 Å². The summed E-state index contributed by atoms with van der Waals surface area (Å²) >= 11 is 0. The molecule has 0 aliphatic carbocycles. The maximum absolute atomic E-state index is 13.0. The van der Waals surface area contributed by atoms with Crippen molar-refractivity contribution in [1.82, 2.24) is 20.4 Å². The second kappa shape index (κ2) is 8.14. The van der Waals surface area contributed by atoms with Gasteiger partial charge in [0.1, 0.15) is 0 Å². The van der Waals surface area contributed by atoms with E-state index in [1.165, 1.54) is 0 Å². The molecule has 1 fully saturated rings. The minimum absolute atomic E-state index is 0.0235. The lowest BCUT2D eigenvalue weighted by Gasteiger charge is -2.28. The molecule has 0 saturated carbocycles. The van der Waals surface area contributed by atoms with Crippen LogP contribution in [-0.2, 0) is 11.2 Å². The van der Waals surface area contributed by atoms with Crippen molar-refractivity contribution < 1.29 is 9.59 Å². The van der Waals surface area contributed by atoms with Gasteiger partial charge in [0.25, 0.3) is 5.91 Å². The highest BCUT2D eigenvalue weighted by atomic mass is 16.2. The van der Waals surface area contributed by atoms with Crippen LogP contribution in [0.2, 0.25) is 0 Å². The lowest BCUT2D eigenvalue weighted by Crippen LogP contribution is -2.44. The maximum Gasteiger partial charge on any atom is 0.257 e. The van der Waals surface area contributed by atoms with E-state index >= 15 is 0 Å². The van der Waals surface area contributed by atoms with Crippen molar-refractivity contribution in [2.45, 2.75) is 19.8 Å². The molecule has 0 bridgehead atoms. The second-order valence-electron chi connectivity index (χ2n) is 7.94. The molecule has 2 amide bonds. The fourth-order valence-electron chi connectivity index (χ4n) is 4.40. The first-order valence-corrected chi connectivity index (χ1v) is 10.2. The number of carbonyl (C=O) groups is 2. The SMILES string of the molecule is CNC(=O)[C@]1(Cc2ccccc2-c2ccccc2)CCN(C(=O)c2cn[nH]c2C)C1. The Kier molecular flexibility index (Phi) is 5.40. The number of amides is 2. The van der Waals surface area contributed by atoms with Crippen LogP contribution in [0, 0.1) is 12.3 Å². The Hall–Kier alpha value is -3.41. The van der Waals surface area contributed by atoms with Crippen LogP contribution in [0.4, 0.5) is 0 Å². The van der Waals surface area contributed by atoms with E-state index < -0.39 is 5.41 Å². The highest BCUT2D eigenvalue weighted by Crippen LogP contribution is 2.38. The van der Waals surface area contributed by atoms with Crippen LogP contribution in [0.5, 0.6) is 0 Å². The molecule has 4 rings (SSSR count). The van der Waals surface area contributed by atoms with Gasteiger partial charge in [0, 0.05) is 25.8 Å². The van der Waals surface area contributed by atoms with E-state index in [0.717, 1.165) is 22.4 Å². The molecule has 6 nitrogen and oxygen atoms in total. The molecule has 0 spiro atoms. The highest BCUT2D eigenvalue weighted by Gasteiger charge is 2.46. The minimum atomic E-state index is -0.660. The van der Waals surface area contributed by atoms with E-state index in [4.69, 9.17) is 0 Å². The Bertz CT molecular complexity index is 1060. The number of hydrogen-bond acceptors (Lipinski definition) is 3. The molecular weight excluding hydrogens is 376 g/mol. The van der Waals surface area contributed by atoms with Gasteiger partial charge in [-0.25, -0.2) is 0 Å². The van der Waals surface area contributed by atoms with Crippen molar-refractivity contribution >= 4 is 11.8 Å². The van der Waals surface area contributed by atoms with Gasteiger partial charge < -0.3 is 10.2 Å². The fraction of sp³-hybridized carbons (Fsp3) is 0.292. The van der Waals surface area contributed by atoms with Crippen LogP contribution in [0.1, 0.15) is 28.0 Å².